The second kappa shape index (κ2) is 6.87. The van der Waals surface area contributed by atoms with E-state index in [0.29, 0.717) is 12.3 Å². The van der Waals surface area contributed by atoms with Gasteiger partial charge in [0.1, 0.15) is 5.82 Å². The summed E-state index contributed by atoms with van der Waals surface area (Å²) >= 11 is 0. The molecule has 0 radical (unpaired) electrons. The van der Waals surface area contributed by atoms with Crippen molar-refractivity contribution in [3.8, 4) is 0 Å². The van der Waals surface area contributed by atoms with Crippen LogP contribution in [0.3, 0.4) is 0 Å². The maximum Gasteiger partial charge on any atom is 0.223 e. The van der Waals surface area contributed by atoms with Gasteiger partial charge in [-0.05, 0) is 54.2 Å². The normalized spacial score (nSPS) is 19.8. The lowest BCUT2D eigenvalue weighted by Crippen LogP contribution is -2.49. The average molecular weight is 338 g/mol. The molecule has 25 heavy (non-hydrogen) atoms. The van der Waals surface area contributed by atoms with Crippen molar-refractivity contribution in [2.75, 3.05) is 31.1 Å². The van der Waals surface area contributed by atoms with Crippen LogP contribution < -0.4 is 4.90 Å². The first-order valence-corrected chi connectivity index (χ1v) is 9.07. The summed E-state index contributed by atoms with van der Waals surface area (Å²) < 4.78 is 13.0. The van der Waals surface area contributed by atoms with Crippen LogP contribution in [0.25, 0.3) is 0 Å². The Kier molecular flexibility index (Phi) is 4.43. The zero-order valence-corrected chi connectivity index (χ0v) is 14.3. The van der Waals surface area contributed by atoms with Gasteiger partial charge in [0.2, 0.25) is 5.91 Å². The maximum atomic E-state index is 13.0. The fraction of sp³-hybridized carbons (Fsp3) is 0.381. The van der Waals surface area contributed by atoms with Crippen LogP contribution in [0, 0.1) is 5.82 Å². The van der Waals surface area contributed by atoms with Gasteiger partial charge >= 0.3 is 0 Å². The SMILES string of the molecule is O=C(C[C@@H]1CCc2ccccc21)N1CCN(c2ccc(F)cc2)CC1. The van der Waals surface area contributed by atoms with Crippen molar-refractivity contribution < 1.29 is 9.18 Å². The van der Waals surface area contributed by atoms with E-state index in [9.17, 15) is 9.18 Å². The molecule has 1 aliphatic carbocycles. The number of anilines is 1. The van der Waals surface area contributed by atoms with Gasteiger partial charge in [-0.1, -0.05) is 24.3 Å². The standard InChI is InChI=1S/C21H23FN2O/c22-18-7-9-19(10-8-18)23-11-13-24(14-12-23)21(25)15-17-6-5-16-3-1-2-4-20(16)17/h1-4,7-10,17H,5-6,11-15H2/t17-/m0/s1. The van der Waals surface area contributed by atoms with E-state index in [0.717, 1.165) is 44.7 Å². The highest BCUT2D eigenvalue weighted by molar-refractivity contribution is 5.77. The van der Waals surface area contributed by atoms with Crippen molar-refractivity contribution in [3.63, 3.8) is 0 Å². The fourth-order valence-corrected chi connectivity index (χ4v) is 4.06. The van der Waals surface area contributed by atoms with Crippen molar-refractivity contribution in [1.82, 2.24) is 4.90 Å². The molecule has 3 nitrogen and oxygen atoms in total. The predicted molar refractivity (Wildman–Crippen MR) is 97.3 cm³/mol. The van der Waals surface area contributed by atoms with Crippen molar-refractivity contribution >= 4 is 11.6 Å². The summed E-state index contributed by atoms with van der Waals surface area (Å²) in [7, 11) is 0. The van der Waals surface area contributed by atoms with Gasteiger partial charge in [-0.3, -0.25) is 4.79 Å². The van der Waals surface area contributed by atoms with Crippen LogP contribution in [-0.2, 0) is 11.2 Å². The molecule has 2 aromatic rings. The molecule has 2 aliphatic rings. The number of halogens is 1. The molecule has 1 aliphatic heterocycles. The molecule has 0 saturated carbocycles. The lowest BCUT2D eigenvalue weighted by Gasteiger charge is -2.36. The van der Waals surface area contributed by atoms with Gasteiger partial charge in [-0.25, -0.2) is 4.39 Å². The average Bonchev–Trinajstić information content (AvgIpc) is 3.06. The molecule has 0 unspecified atom stereocenters. The Balaban J connectivity index is 1.33. The van der Waals surface area contributed by atoms with Crippen LogP contribution in [-0.4, -0.2) is 37.0 Å². The van der Waals surface area contributed by atoms with Crippen LogP contribution >= 0.6 is 0 Å². The van der Waals surface area contributed by atoms with Crippen molar-refractivity contribution in [1.29, 1.82) is 0 Å². The third-order valence-corrected chi connectivity index (χ3v) is 5.50. The number of benzene rings is 2. The number of carbonyl (C=O) groups excluding carboxylic acids is 1. The van der Waals surface area contributed by atoms with Gasteiger partial charge in [0.15, 0.2) is 0 Å². The van der Waals surface area contributed by atoms with E-state index in [-0.39, 0.29) is 11.7 Å². The van der Waals surface area contributed by atoms with E-state index in [1.54, 1.807) is 0 Å². The molecule has 4 rings (SSSR count). The summed E-state index contributed by atoms with van der Waals surface area (Å²) in [6.07, 6.45) is 2.79. The van der Waals surface area contributed by atoms with E-state index in [2.05, 4.69) is 29.2 Å². The summed E-state index contributed by atoms with van der Waals surface area (Å²) in [5, 5.41) is 0. The summed E-state index contributed by atoms with van der Waals surface area (Å²) in [6.45, 7) is 3.09. The maximum absolute atomic E-state index is 13.0. The van der Waals surface area contributed by atoms with Crippen LogP contribution in [0.2, 0.25) is 0 Å². The number of nitrogens with zero attached hydrogens (tertiary/aromatic N) is 2. The molecule has 1 saturated heterocycles. The molecule has 4 heteroatoms. The van der Waals surface area contributed by atoms with E-state index in [4.69, 9.17) is 0 Å². The minimum absolute atomic E-state index is 0.214. The largest absolute Gasteiger partial charge is 0.368 e. The second-order valence-electron chi connectivity index (χ2n) is 6.98. The van der Waals surface area contributed by atoms with Crippen molar-refractivity contribution in [2.45, 2.75) is 25.2 Å². The highest BCUT2D eigenvalue weighted by atomic mass is 19.1. The molecule has 130 valence electrons. The molecule has 0 spiro atoms. The van der Waals surface area contributed by atoms with Crippen molar-refractivity contribution in [3.05, 3.63) is 65.5 Å². The summed E-state index contributed by atoms with van der Waals surface area (Å²) in [4.78, 5) is 16.9. The second-order valence-corrected chi connectivity index (χ2v) is 6.98. The minimum Gasteiger partial charge on any atom is -0.368 e. The van der Waals surface area contributed by atoms with E-state index >= 15 is 0 Å². The van der Waals surface area contributed by atoms with Gasteiger partial charge < -0.3 is 9.80 Å². The monoisotopic (exact) mass is 338 g/mol. The van der Waals surface area contributed by atoms with E-state index in [1.807, 2.05) is 17.0 Å². The Hall–Kier alpha value is -2.36. The number of hydrogen-bond donors (Lipinski definition) is 0. The molecule has 1 heterocycles. The number of piperazine rings is 1. The first-order chi connectivity index (χ1) is 12.2. The Morgan fingerprint density at radius 3 is 2.48 bits per heavy atom. The van der Waals surface area contributed by atoms with Gasteiger partial charge in [-0.15, -0.1) is 0 Å². The Labute approximate surface area is 148 Å². The quantitative estimate of drug-likeness (QED) is 0.854. The molecule has 0 bridgehead atoms. The van der Waals surface area contributed by atoms with E-state index in [1.165, 1.54) is 23.3 Å². The molecule has 1 amide bonds. The van der Waals surface area contributed by atoms with E-state index < -0.39 is 0 Å². The zero-order valence-electron chi connectivity index (χ0n) is 14.3. The number of fused-ring (bicyclic) bond motifs is 1. The molecule has 1 fully saturated rings. The predicted octanol–water partition coefficient (Wildman–Crippen LogP) is 3.59. The van der Waals surface area contributed by atoms with Crippen LogP contribution in [0.1, 0.15) is 29.9 Å². The third kappa shape index (κ3) is 3.39. The first-order valence-electron chi connectivity index (χ1n) is 9.07. The van der Waals surface area contributed by atoms with Gasteiger partial charge in [0.25, 0.3) is 0 Å². The van der Waals surface area contributed by atoms with Crippen molar-refractivity contribution in [2.24, 2.45) is 0 Å². The number of amides is 1. The van der Waals surface area contributed by atoms with Gasteiger partial charge in [0.05, 0.1) is 0 Å². The molecular weight excluding hydrogens is 315 g/mol. The number of rotatable bonds is 3. The minimum atomic E-state index is -0.214. The number of carbonyl (C=O) groups is 1. The topological polar surface area (TPSA) is 23.6 Å². The Morgan fingerprint density at radius 1 is 1.00 bits per heavy atom. The lowest BCUT2D eigenvalue weighted by atomic mass is 9.97. The number of aryl methyl sites for hydroxylation is 1. The van der Waals surface area contributed by atoms with Crippen LogP contribution in [0.4, 0.5) is 10.1 Å². The Morgan fingerprint density at radius 2 is 1.72 bits per heavy atom. The summed E-state index contributed by atoms with van der Waals surface area (Å²) in [5.74, 6) is 0.425. The smallest absolute Gasteiger partial charge is 0.223 e. The molecular formula is C21H23FN2O. The van der Waals surface area contributed by atoms with Crippen LogP contribution in [0.15, 0.2) is 48.5 Å². The summed E-state index contributed by atoms with van der Waals surface area (Å²) in [6, 6.07) is 15.1. The lowest BCUT2D eigenvalue weighted by molar-refractivity contribution is -0.131. The highest BCUT2D eigenvalue weighted by Crippen LogP contribution is 2.35. The first kappa shape index (κ1) is 16.1. The van der Waals surface area contributed by atoms with Gasteiger partial charge in [0, 0.05) is 38.3 Å². The van der Waals surface area contributed by atoms with Crippen LogP contribution in [0.5, 0.6) is 0 Å². The molecule has 0 N–H and O–H groups in total. The highest BCUT2D eigenvalue weighted by Gasteiger charge is 2.28. The van der Waals surface area contributed by atoms with Gasteiger partial charge in [-0.2, -0.15) is 0 Å². The number of hydrogen-bond acceptors (Lipinski definition) is 2. The summed E-state index contributed by atoms with van der Waals surface area (Å²) in [5.41, 5.74) is 3.79. The zero-order chi connectivity index (χ0) is 17.2. The molecule has 1 atom stereocenters. The molecule has 2 aromatic carbocycles. The third-order valence-electron chi connectivity index (χ3n) is 5.50. The fourth-order valence-electron chi connectivity index (χ4n) is 4.06. The molecule has 0 aromatic heterocycles. The Bertz CT molecular complexity index is 751.